The monoisotopic (exact) mass is 220 g/mol. The smallest absolute Gasteiger partial charge is 0.261 e. The van der Waals surface area contributed by atoms with E-state index in [4.69, 9.17) is 9.63 Å². The molecule has 1 aromatic carbocycles. The molecule has 0 amide bonds. The maximum atomic E-state index is 9.58. The molecule has 0 bridgehead atoms. The fraction of sp³-hybridized carbons (Fsp3) is 0.273. The molecule has 2 N–H and O–H groups in total. The average molecular weight is 220 g/mol. The molecular weight excluding hydrogens is 208 g/mol. The number of hydrogen-bond acceptors (Lipinski definition) is 5. The molecule has 0 fully saturated rings. The zero-order valence-corrected chi connectivity index (χ0v) is 8.79. The molecule has 5 nitrogen and oxygen atoms in total. The molecule has 5 heteroatoms. The number of aromatic hydroxyl groups is 1. The van der Waals surface area contributed by atoms with Gasteiger partial charge in [0, 0.05) is 6.42 Å². The zero-order valence-electron chi connectivity index (χ0n) is 8.79. The molecule has 0 aliphatic carbocycles. The molecule has 0 radical (unpaired) electrons. The first-order chi connectivity index (χ1) is 7.66. The van der Waals surface area contributed by atoms with Crippen LogP contribution in [0.4, 0.5) is 0 Å². The van der Waals surface area contributed by atoms with Crippen molar-refractivity contribution < 1.29 is 14.7 Å². The van der Waals surface area contributed by atoms with Crippen LogP contribution in [0.1, 0.15) is 12.7 Å². The Kier molecular flexibility index (Phi) is 2.87. The Morgan fingerprint density at radius 2 is 2.12 bits per heavy atom. The number of nitrogens with zero attached hydrogens (tertiary/aromatic N) is 2. The summed E-state index contributed by atoms with van der Waals surface area (Å²) in [6.07, 6.45) is -0.188. The van der Waals surface area contributed by atoms with Gasteiger partial charge in [-0.05, 0) is 19.1 Å². The minimum Gasteiger partial charge on any atom is -0.507 e. The van der Waals surface area contributed by atoms with Gasteiger partial charge < -0.3 is 14.7 Å². The maximum absolute atomic E-state index is 9.58. The van der Waals surface area contributed by atoms with E-state index in [0.29, 0.717) is 17.8 Å². The van der Waals surface area contributed by atoms with Crippen LogP contribution in [0.25, 0.3) is 11.5 Å². The summed E-state index contributed by atoms with van der Waals surface area (Å²) in [7, 11) is 0. The van der Waals surface area contributed by atoms with Crippen LogP contribution >= 0.6 is 0 Å². The predicted molar refractivity (Wildman–Crippen MR) is 56.8 cm³/mol. The molecular formula is C11H12N2O3. The molecule has 1 heterocycles. The van der Waals surface area contributed by atoms with E-state index >= 15 is 0 Å². The minimum atomic E-state index is -0.519. The standard InChI is InChI=1S/C11H12N2O3/c1-7(14)6-10-12-11(16-13-10)8-4-2-3-5-9(8)15/h2-5,7,14-15H,6H2,1H3. The number of phenols is 1. The Labute approximate surface area is 92.4 Å². The van der Waals surface area contributed by atoms with Gasteiger partial charge in [0.25, 0.3) is 5.89 Å². The highest BCUT2D eigenvalue weighted by molar-refractivity contribution is 5.61. The Morgan fingerprint density at radius 3 is 2.81 bits per heavy atom. The lowest BCUT2D eigenvalue weighted by Gasteiger charge is -1.97. The van der Waals surface area contributed by atoms with Crippen LogP contribution in [-0.2, 0) is 6.42 Å². The van der Waals surface area contributed by atoms with Gasteiger partial charge in [-0.1, -0.05) is 17.3 Å². The summed E-state index contributed by atoms with van der Waals surface area (Å²) in [5.41, 5.74) is 0.492. The second-order valence-corrected chi connectivity index (χ2v) is 3.59. The SMILES string of the molecule is CC(O)Cc1noc(-c2ccccc2O)n1. The Hall–Kier alpha value is -1.88. The van der Waals surface area contributed by atoms with Crippen LogP contribution in [0.5, 0.6) is 5.75 Å². The summed E-state index contributed by atoms with van der Waals surface area (Å²) in [6.45, 7) is 1.65. The largest absolute Gasteiger partial charge is 0.507 e. The fourth-order valence-electron chi connectivity index (χ4n) is 1.36. The van der Waals surface area contributed by atoms with Gasteiger partial charge in [-0.25, -0.2) is 0 Å². The van der Waals surface area contributed by atoms with E-state index in [-0.39, 0.29) is 11.6 Å². The van der Waals surface area contributed by atoms with Gasteiger partial charge in [-0.2, -0.15) is 4.98 Å². The molecule has 0 aliphatic rings. The maximum Gasteiger partial charge on any atom is 0.261 e. The molecule has 1 atom stereocenters. The molecule has 2 aromatic rings. The normalized spacial score (nSPS) is 12.6. The van der Waals surface area contributed by atoms with Crippen molar-refractivity contribution in [3.05, 3.63) is 30.1 Å². The Balaban J connectivity index is 2.28. The Bertz CT molecular complexity index is 480. The third-order valence-corrected chi connectivity index (χ3v) is 2.08. The number of aliphatic hydroxyl groups excluding tert-OH is 1. The van der Waals surface area contributed by atoms with Gasteiger partial charge >= 0.3 is 0 Å². The molecule has 16 heavy (non-hydrogen) atoms. The van der Waals surface area contributed by atoms with E-state index in [1.165, 1.54) is 0 Å². The highest BCUT2D eigenvalue weighted by atomic mass is 16.5. The van der Waals surface area contributed by atoms with Crippen molar-refractivity contribution in [3.63, 3.8) is 0 Å². The molecule has 1 unspecified atom stereocenters. The minimum absolute atomic E-state index is 0.0924. The second-order valence-electron chi connectivity index (χ2n) is 3.59. The molecule has 84 valence electrons. The number of phenolic OH excluding ortho intramolecular Hbond substituents is 1. The van der Waals surface area contributed by atoms with Crippen LogP contribution < -0.4 is 0 Å². The number of hydrogen-bond donors (Lipinski definition) is 2. The van der Waals surface area contributed by atoms with Gasteiger partial charge in [-0.3, -0.25) is 0 Å². The molecule has 0 saturated carbocycles. The highest BCUT2D eigenvalue weighted by Gasteiger charge is 2.13. The van der Waals surface area contributed by atoms with Crippen LogP contribution in [0.3, 0.4) is 0 Å². The number of aromatic nitrogens is 2. The molecule has 2 rings (SSSR count). The lowest BCUT2D eigenvalue weighted by molar-refractivity contribution is 0.191. The molecule has 0 spiro atoms. The van der Waals surface area contributed by atoms with Gasteiger partial charge in [0.05, 0.1) is 11.7 Å². The number of para-hydroxylation sites is 1. The van der Waals surface area contributed by atoms with Crippen molar-refractivity contribution in [3.8, 4) is 17.2 Å². The lowest BCUT2D eigenvalue weighted by Crippen LogP contribution is -2.05. The van der Waals surface area contributed by atoms with Gasteiger partial charge in [0.1, 0.15) is 5.75 Å². The molecule has 0 saturated heterocycles. The van der Waals surface area contributed by atoms with Crippen molar-refractivity contribution >= 4 is 0 Å². The highest BCUT2D eigenvalue weighted by Crippen LogP contribution is 2.26. The van der Waals surface area contributed by atoms with E-state index in [9.17, 15) is 5.11 Å². The van der Waals surface area contributed by atoms with E-state index < -0.39 is 6.10 Å². The summed E-state index contributed by atoms with van der Waals surface area (Å²) in [5, 5.41) is 22.5. The van der Waals surface area contributed by atoms with Crippen molar-refractivity contribution in [2.45, 2.75) is 19.4 Å². The summed E-state index contributed by atoms with van der Waals surface area (Å²) >= 11 is 0. The second kappa shape index (κ2) is 4.32. The van der Waals surface area contributed by atoms with Crippen LogP contribution in [0.15, 0.2) is 28.8 Å². The first kappa shape index (κ1) is 10.6. The quantitative estimate of drug-likeness (QED) is 0.816. The average Bonchev–Trinajstić information content (AvgIpc) is 2.66. The summed E-state index contributed by atoms with van der Waals surface area (Å²) < 4.78 is 5.00. The first-order valence-electron chi connectivity index (χ1n) is 4.96. The van der Waals surface area contributed by atoms with Crippen molar-refractivity contribution in [2.75, 3.05) is 0 Å². The van der Waals surface area contributed by atoms with Crippen LogP contribution in [0.2, 0.25) is 0 Å². The van der Waals surface area contributed by atoms with E-state index in [1.54, 1.807) is 31.2 Å². The van der Waals surface area contributed by atoms with E-state index in [0.717, 1.165) is 0 Å². The van der Waals surface area contributed by atoms with Gasteiger partial charge in [-0.15, -0.1) is 0 Å². The van der Waals surface area contributed by atoms with Gasteiger partial charge in [0.2, 0.25) is 0 Å². The van der Waals surface area contributed by atoms with Crippen molar-refractivity contribution in [1.82, 2.24) is 10.1 Å². The number of benzene rings is 1. The fourth-order valence-corrected chi connectivity index (χ4v) is 1.36. The number of rotatable bonds is 3. The van der Waals surface area contributed by atoms with E-state index in [1.807, 2.05) is 0 Å². The third kappa shape index (κ3) is 2.20. The predicted octanol–water partition coefficient (Wildman–Crippen LogP) is 1.37. The topological polar surface area (TPSA) is 79.4 Å². The summed E-state index contributed by atoms with van der Waals surface area (Å²) in [6, 6.07) is 6.72. The summed E-state index contributed by atoms with van der Waals surface area (Å²) in [4.78, 5) is 4.08. The Morgan fingerprint density at radius 1 is 1.38 bits per heavy atom. The lowest BCUT2D eigenvalue weighted by atomic mass is 10.2. The summed E-state index contributed by atoms with van der Waals surface area (Å²) in [5.74, 6) is 0.775. The van der Waals surface area contributed by atoms with Crippen molar-refractivity contribution in [1.29, 1.82) is 0 Å². The molecule has 0 aliphatic heterocycles. The first-order valence-corrected chi connectivity index (χ1v) is 4.96. The van der Waals surface area contributed by atoms with E-state index in [2.05, 4.69) is 10.1 Å². The number of aliphatic hydroxyl groups is 1. The van der Waals surface area contributed by atoms with Crippen LogP contribution in [-0.4, -0.2) is 26.5 Å². The van der Waals surface area contributed by atoms with Crippen LogP contribution in [0, 0.1) is 0 Å². The third-order valence-electron chi connectivity index (χ3n) is 2.08. The van der Waals surface area contributed by atoms with Crippen molar-refractivity contribution in [2.24, 2.45) is 0 Å². The molecule has 1 aromatic heterocycles. The zero-order chi connectivity index (χ0) is 11.5. The van der Waals surface area contributed by atoms with Gasteiger partial charge in [0.15, 0.2) is 5.82 Å².